The standard InChI is InChI=1S/C33H50N4O3Si2/c1-36(2)19-17-23-21-34-27-15-11-13-25(29(23)27)31(41(5,6)7)39-33(38)40-32(42(8,9)10)26-14-12-16-28-30(26)24(22-35-28)18-20-37(3)4/h11-16,21-22,31-32,34-35H,17-20H2,1-10H3. The maximum absolute atomic E-state index is 13.8. The molecular formula is C33H50N4O3Si2. The number of aromatic amines is 2. The Balaban J connectivity index is 1.69. The maximum Gasteiger partial charge on any atom is 0.508 e. The van der Waals surface area contributed by atoms with E-state index in [0.29, 0.717) is 0 Å². The van der Waals surface area contributed by atoms with Gasteiger partial charge in [0.25, 0.3) is 0 Å². The number of carbonyl (C=O) groups is 1. The van der Waals surface area contributed by atoms with Crippen LogP contribution >= 0.6 is 0 Å². The number of ether oxygens (including phenoxy) is 2. The summed E-state index contributed by atoms with van der Waals surface area (Å²) in [6.07, 6.45) is 5.45. The zero-order valence-electron chi connectivity index (χ0n) is 27.2. The van der Waals surface area contributed by atoms with E-state index in [1.165, 1.54) is 21.9 Å². The molecule has 2 heterocycles. The minimum atomic E-state index is -2.03. The van der Waals surface area contributed by atoms with Gasteiger partial charge in [-0.25, -0.2) is 4.79 Å². The topological polar surface area (TPSA) is 73.6 Å². The summed E-state index contributed by atoms with van der Waals surface area (Å²) >= 11 is 0. The molecule has 2 atom stereocenters. The SMILES string of the molecule is CN(C)CCc1c[nH]c2cccc(C(OC(=O)OC(c3cccc4[nH]cc(CCN(C)C)c34)[Si](C)(C)C)[Si](C)(C)C)c12. The van der Waals surface area contributed by atoms with Gasteiger partial charge in [-0.3, -0.25) is 0 Å². The number of aromatic nitrogens is 2. The first-order chi connectivity index (χ1) is 19.7. The first kappa shape index (κ1) is 32.1. The molecule has 0 amide bonds. The van der Waals surface area contributed by atoms with Gasteiger partial charge in [0, 0.05) is 47.3 Å². The van der Waals surface area contributed by atoms with Crippen molar-refractivity contribution in [3.05, 3.63) is 71.0 Å². The Kier molecular flexibility index (Phi) is 9.77. The van der Waals surface area contributed by atoms with Crippen molar-refractivity contribution in [2.45, 2.75) is 63.6 Å². The van der Waals surface area contributed by atoms with E-state index in [9.17, 15) is 4.79 Å². The Morgan fingerprint density at radius 2 is 1.07 bits per heavy atom. The van der Waals surface area contributed by atoms with Crippen LogP contribution in [0.1, 0.15) is 33.7 Å². The van der Waals surface area contributed by atoms with E-state index in [2.05, 4.69) is 136 Å². The molecule has 0 radical (unpaired) electrons. The molecule has 0 fully saturated rings. The molecule has 2 N–H and O–H groups in total. The Morgan fingerprint density at radius 3 is 1.40 bits per heavy atom. The molecule has 0 saturated carbocycles. The third-order valence-electron chi connectivity index (χ3n) is 7.86. The summed E-state index contributed by atoms with van der Waals surface area (Å²) in [6, 6.07) is 12.6. The predicted molar refractivity (Wildman–Crippen MR) is 181 cm³/mol. The average molecular weight is 607 g/mol. The largest absolute Gasteiger partial charge is 0.508 e. The summed E-state index contributed by atoms with van der Waals surface area (Å²) in [7, 11) is 4.30. The van der Waals surface area contributed by atoms with Crippen LogP contribution in [0.3, 0.4) is 0 Å². The Hall–Kier alpha value is -2.86. The fourth-order valence-electron chi connectivity index (χ4n) is 5.72. The highest BCUT2D eigenvalue weighted by atomic mass is 28.3. The van der Waals surface area contributed by atoms with Crippen molar-refractivity contribution in [3.63, 3.8) is 0 Å². The molecule has 0 saturated heterocycles. The van der Waals surface area contributed by atoms with Gasteiger partial charge in [-0.05, 0) is 75.4 Å². The number of nitrogens with one attached hydrogen (secondary N) is 2. The molecule has 0 bridgehead atoms. The zero-order chi connectivity index (χ0) is 30.8. The summed E-state index contributed by atoms with van der Waals surface area (Å²) in [5.74, 6) is 0. The Bertz CT molecular complexity index is 1400. The predicted octanol–water partition coefficient (Wildman–Crippen LogP) is 7.55. The molecule has 0 aliphatic carbocycles. The van der Waals surface area contributed by atoms with Crippen molar-refractivity contribution in [1.82, 2.24) is 19.8 Å². The van der Waals surface area contributed by atoms with E-state index >= 15 is 0 Å². The third-order valence-corrected chi connectivity index (χ3v) is 11.9. The van der Waals surface area contributed by atoms with E-state index < -0.39 is 22.3 Å². The van der Waals surface area contributed by atoms with Crippen LogP contribution in [0, 0.1) is 0 Å². The second-order valence-corrected chi connectivity index (χ2v) is 24.8. The lowest BCUT2D eigenvalue weighted by Gasteiger charge is -2.33. The van der Waals surface area contributed by atoms with Gasteiger partial charge < -0.3 is 29.2 Å². The molecule has 228 valence electrons. The van der Waals surface area contributed by atoms with Gasteiger partial charge in [0.2, 0.25) is 0 Å². The van der Waals surface area contributed by atoms with E-state index in [1.54, 1.807) is 0 Å². The number of likely N-dealkylation sites (N-methyl/N-ethyl adjacent to an activating group) is 2. The van der Waals surface area contributed by atoms with Gasteiger partial charge >= 0.3 is 6.16 Å². The monoisotopic (exact) mass is 606 g/mol. The third kappa shape index (κ3) is 7.37. The Morgan fingerprint density at radius 1 is 0.690 bits per heavy atom. The molecule has 4 rings (SSSR count). The van der Waals surface area contributed by atoms with Crippen LogP contribution in [0.25, 0.3) is 21.8 Å². The number of hydrogen-bond acceptors (Lipinski definition) is 5. The van der Waals surface area contributed by atoms with Gasteiger partial charge in [-0.2, -0.15) is 0 Å². The molecule has 0 aliphatic rings. The molecular weight excluding hydrogens is 557 g/mol. The summed E-state index contributed by atoms with van der Waals surface area (Å²) in [5, 5.41) is 2.34. The highest BCUT2D eigenvalue weighted by Crippen LogP contribution is 2.39. The van der Waals surface area contributed by atoms with Gasteiger partial charge in [-0.15, -0.1) is 0 Å². The number of rotatable bonds is 12. The highest BCUT2D eigenvalue weighted by molar-refractivity contribution is 6.77. The van der Waals surface area contributed by atoms with Crippen LogP contribution in [0.15, 0.2) is 48.8 Å². The van der Waals surface area contributed by atoms with E-state index in [1.807, 2.05) is 0 Å². The normalized spacial score (nSPS) is 14.2. The summed E-state index contributed by atoms with van der Waals surface area (Å²) in [5.41, 5.74) is 6.10. The molecule has 0 aliphatic heterocycles. The second kappa shape index (κ2) is 12.8. The van der Waals surface area contributed by atoms with E-state index in [0.717, 1.165) is 48.1 Å². The lowest BCUT2D eigenvalue weighted by molar-refractivity contribution is 0.0311. The molecule has 9 heteroatoms. The van der Waals surface area contributed by atoms with E-state index in [4.69, 9.17) is 9.47 Å². The molecule has 2 aromatic heterocycles. The fraction of sp³-hybridized carbons (Fsp3) is 0.485. The zero-order valence-corrected chi connectivity index (χ0v) is 29.2. The van der Waals surface area contributed by atoms with Gasteiger partial charge in [0.05, 0.1) is 16.1 Å². The van der Waals surface area contributed by atoms with Crippen molar-refractivity contribution in [2.24, 2.45) is 0 Å². The smallest absolute Gasteiger partial charge is 0.430 e. The minimum Gasteiger partial charge on any atom is -0.430 e. The van der Waals surface area contributed by atoms with Crippen molar-refractivity contribution in [2.75, 3.05) is 41.3 Å². The molecule has 2 unspecified atom stereocenters. The maximum atomic E-state index is 13.8. The van der Waals surface area contributed by atoms with Crippen LogP contribution in [0.5, 0.6) is 0 Å². The Labute approximate surface area is 253 Å². The van der Waals surface area contributed by atoms with Crippen LogP contribution in [-0.4, -0.2) is 83.4 Å². The average Bonchev–Trinajstić information content (AvgIpc) is 3.51. The van der Waals surface area contributed by atoms with Crippen molar-refractivity contribution < 1.29 is 14.3 Å². The summed E-state index contributed by atoms with van der Waals surface area (Å²) < 4.78 is 12.8. The molecule has 4 aromatic rings. The second-order valence-electron chi connectivity index (χ2n) is 14.3. The van der Waals surface area contributed by atoms with Crippen molar-refractivity contribution >= 4 is 44.1 Å². The van der Waals surface area contributed by atoms with Crippen LogP contribution < -0.4 is 0 Å². The van der Waals surface area contributed by atoms with Gasteiger partial charge in [-0.1, -0.05) is 63.5 Å². The summed E-state index contributed by atoms with van der Waals surface area (Å²) in [4.78, 5) is 25.1. The number of H-pyrrole nitrogens is 2. The fourth-order valence-corrected chi connectivity index (χ4v) is 8.97. The van der Waals surface area contributed by atoms with Crippen molar-refractivity contribution in [1.29, 1.82) is 0 Å². The number of benzene rings is 2. The highest BCUT2D eigenvalue weighted by Gasteiger charge is 2.38. The first-order valence-electron chi connectivity index (χ1n) is 15.0. The lowest BCUT2D eigenvalue weighted by atomic mass is 10.0. The van der Waals surface area contributed by atoms with Gasteiger partial charge in [0.1, 0.15) is 11.5 Å². The van der Waals surface area contributed by atoms with E-state index in [-0.39, 0.29) is 11.5 Å². The minimum absolute atomic E-state index is 0.344. The number of carbonyl (C=O) groups excluding carboxylic acids is 1. The first-order valence-corrected chi connectivity index (χ1v) is 22.2. The molecule has 7 nitrogen and oxygen atoms in total. The number of fused-ring (bicyclic) bond motifs is 2. The number of nitrogens with zero attached hydrogens (tertiary/aromatic N) is 2. The molecule has 42 heavy (non-hydrogen) atoms. The molecule has 2 aromatic carbocycles. The summed E-state index contributed by atoms with van der Waals surface area (Å²) in [6.45, 7) is 15.4. The lowest BCUT2D eigenvalue weighted by Crippen LogP contribution is -2.38. The van der Waals surface area contributed by atoms with Crippen molar-refractivity contribution in [3.8, 4) is 0 Å². The van der Waals surface area contributed by atoms with Crippen LogP contribution in [-0.2, 0) is 22.3 Å². The van der Waals surface area contributed by atoms with Gasteiger partial charge in [0.15, 0.2) is 0 Å². The van der Waals surface area contributed by atoms with Crippen LogP contribution in [0.4, 0.5) is 4.79 Å². The quantitative estimate of drug-likeness (QED) is 0.129. The van der Waals surface area contributed by atoms with Crippen LogP contribution in [0.2, 0.25) is 39.3 Å². The number of hydrogen-bond donors (Lipinski definition) is 2. The molecule has 0 spiro atoms.